The number of nitrogens with two attached hydrogens (primary N) is 1. The van der Waals surface area contributed by atoms with E-state index in [2.05, 4.69) is 32.9 Å². The van der Waals surface area contributed by atoms with Crippen LogP contribution in [0.5, 0.6) is 0 Å². The molecule has 0 radical (unpaired) electrons. The molecule has 1 heteroatoms. The molecule has 1 unspecified atom stereocenters. The van der Waals surface area contributed by atoms with Crippen molar-refractivity contribution >= 4 is 5.69 Å². The third-order valence-corrected chi connectivity index (χ3v) is 2.44. The Kier molecular flexibility index (Phi) is 3.99. The molecule has 0 saturated heterocycles. The molecule has 0 bridgehead atoms. The summed E-state index contributed by atoms with van der Waals surface area (Å²) in [4.78, 5) is 0. The Balaban J connectivity index is 2.47. The fraction of sp³-hybridized carbons (Fsp3) is 0.538. The molecule has 0 aliphatic carbocycles. The largest absolute Gasteiger partial charge is 0.399 e. The van der Waals surface area contributed by atoms with Gasteiger partial charge < -0.3 is 5.73 Å². The van der Waals surface area contributed by atoms with Gasteiger partial charge in [-0.2, -0.15) is 0 Å². The van der Waals surface area contributed by atoms with Crippen LogP contribution in [0.25, 0.3) is 0 Å². The van der Waals surface area contributed by atoms with Crippen LogP contribution in [0.3, 0.4) is 0 Å². The summed E-state index contributed by atoms with van der Waals surface area (Å²) >= 11 is 0. The molecule has 0 saturated carbocycles. The van der Waals surface area contributed by atoms with Crippen molar-refractivity contribution in [2.24, 2.45) is 11.8 Å². The minimum absolute atomic E-state index is 0.763. The first-order valence-corrected chi connectivity index (χ1v) is 5.42. The Morgan fingerprint density at radius 2 is 1.64 bits per heavy atom. The Labute approximate surface area is 87.3 Å². The van der Waals surface area contributed by atoms with Crippen LogP contribution in [0.4, 0.5) is 5.69 Å². The lowest BCUT2D eigenvalue weighted by atomic mass is 9.93. The normalized spacial score (nSPS) is 13.1. The third-order valence-electron chi connectivity index (χ3n) is 2.44. The number of hydrogen-bond acceptors (Lipinski definition) is 1. The van der Waals surface area contributed by atoms with Crippen LogP contribution in [0.1, 0.15) is 32.8 Å². The molecule has 0 fully saturated rings. The molecule has 0 aliphatic heterocycles. The molecule has 2 N–H and O–H groups in total. The molecule has 1 nitrogen and oxygen atoms in total. The van der Waals surface area contributed by atoms with E-state index in [4.69, 9.17) is 5.73 Å². The molecule has 0 spiro atoms. The van der Waals surface area contributed by atoms with Gasteiger partial charge in [-0.25, -0.2) is 0 Å². The molecular formula is C13H21N. The fourth-order valence-electron chi connectivity index (χ4n) is 1.94. The number of rotatable bonds is 4. The lowest BCUT2D eigenvalue weighted by Gasteiger charge is -2.13. The summed E-state index contributed by atoms with van der Waals surface area (Å²) in [6, 6.07) is 8.23. The van der Waals surface area contributed by atoms with Crippen molar-refractivity contribution in [3.63, 3.8) is 0 Å². The first kappa shape index (κ1) is 11.1. The first-order valence-electron chi connectivity index (χ1n) is 5.42. The highest BCUT2D eigenvalue weighted by Crippen LogP contribution is 2.17. The minimum Gasteiger partial charge on any atom is -0.399 e. The summed E-state index contributed by atoms with van der Waals surface area (Å²) in [5.41, 5.74) is 7.89. The van der Waals surface area contributed by atoms with Gasteiger partial charge in [0.05, 0.1) is 0 Å². The summed E-state index contributed by atoms with van der Waals surface area (Å²) in [5, 5.41) is 0. The molecule has 0 heterocycles. The van der Waals surface area contributed by atoms with Crippen molar-refractivity contribution in [2.45, 2.75) is 33.6 Å². The third kappa shape index (κ3) is 3.82. The maximum Gasteiger partial charge on any atom is 0.0314 e. The van der Waals surface area contributed by atoms with E-state index in [1.165, 1.54) is 18.4 Å². The van der Waals surface area contributed by atoms with Crippen LogP contribution >= 0.6 is 0 Å². The van der Waals surface area contributed by atoms with Gasteiger partial charge >= 0.3 is 0 Å². The van der Waals surface area contributed by atoms with Gasteiger partial charge in [-0.1, -0.05) is 32.9 Å². The van der Waals surface area contributed by atoms with E-state index >= 15 is 0 Å². The molecule has 78 valence electrons. The Morgan fingerprint density at radius 3 is 2.14 bits per heavy atom. The van der Waals surface area contributed by atoms with Crippen LogP contribution in [0.15, 0.2) is 24.3 Å². The van der Waals surface area contributed by atoms with Gasteiger partial charge in [0.1, 0.15) is 0 Å². The monoisotopic (exact) mass is 191 g/mol. The summed E-state index contributed by atoms with van der Waals surface area (Å²) in [7, 11) is 0. The van der Waals surface area contributed by atoms with Gasteiger partial charge in [-0.05, 0) is 42.4 Å². The minimum atomic E-state index is 0.763. The fourth-order valence-corrected chi connectivity index (χ4v) is 1.94. The average Bonchev–Trinajstić information content (AvgIpc) is 2.07. The van der Waals surface area contributed by atoms with Gasteiger partial charge in [-0.15, -0.1) is 0 Å². The van der Waals surface area contributed by atoms with E-state index in [-0.39, 0.29) is 0 Å². The maximum absolute atomic E-state index is 5.64. The van der Waals surface area contributed by atoms with Crippen molar-refractivity contribution in [1.29, 1.82) is 0 Å². The average molecular weight is 191 g/mol. The molecule has 0 amide bonds. The van der Waals surface area contributed by atoms with Gasteiger partial charge in [-0.3, -0.25) is 0 Å². The van der Waals surface area contributed by atoms with E-state index in [9.17, 15) is 0 Å². The molecular weight excluding hydrogens is 170 g/mol. The van der Waals surface area contributed by atoms with Crippen LogP contribution in [-0.2, 0) is 6.42 Å². The van der Waals surface area contributed by atoms with Gasteiger partial charge in [0.15, 0.2) is 0 Å². The predicted molar refractivity (Wildman–Crippen MR) is 63.2 cm³/mol. The van der Waals surface area contributed by atoms with E-state index in [1.54, 1.807) is 0 Å². The zero-order valence-electron chi connectivity index (χ0n) is 9.46. The zero-order valence-corrected chi connectivity index (χ0v) is 9.46. The highest BCUT2D eigenvalue weighted by atomic mass is 14.5. The molecule has 0 aliphatic rings. The van der Waals surface area contributed by atoms with Crippen molar-refractivity contribution in [1.82, 2.24) is 0 Å². The lowest BCUT2D eigenvalue weighted by molar-refractivity contribution is 0.437. The van der Waals surface area contributed by atoms with E-state index in [0.717, 1.165) is 17.5 Å². The molecule has 1 rings (SSSR count). The van der Waals surface area contributed by atoms with Crippen molar-refractivity contribution < 1.29 is 0 Å². The highest BCUT2D eigenvalue weighted by molar-refractivity contribution is 5.39. The molecule has 14 heavy (non-hydrogen) atoms. The van der Waals surface area contributed by atoms with Crippen LogP contribution in [0, 0.1) is 11.8 Å². The van der Waals surface area contributed by atoms with Gasteiger partial charge in [0, 0.05) is 5.69 Å². The Bertz CT molecular complexity index is 261. The molecule has 1 aromatic rings. The zero-order chi connectivity index (χ0) is 10.6. The number of benzene rings is 1. The highest BCUT2D eigenvalue weighted by Gasteiger charge is 2.05. The second-order valence-corrected chi connectivity index (χ2v) is 4.68. The number of hydrogen-bond donors (Lipinski definition) is 1. The molecule has 1 aromatic carbocycles. The summed E-state index contributed by atoms with van der Waals surface area (Å²) < 4.78 is 0. The first-order chi connectivity index (χ1) is 6.58. The summed E-state index contributed by atoms with van der Waals surface area (Å²) in [6.45, 7) is 6.87. The standard InChI is InChI=1S/C13H21N/c1-10(2)8-11(3)9-12-4-6-13(14)7-5-12/h4-7,10-11H,8-9,14H2,1-3H3. The summed E-state index contributed by atoms with van der Waals surface area (Å²) in [5.74, 6) is 1.55. The van der Waals surface area contributed by atoms with Crippen molar-refractivity contribution in [2.75, 3.05) is 5.73 Å². The topological polar surface area (TPSA) is 26.0 Å². The predicted octanol–water partition coefficient (Wildman–Crippen LogP) is 3.49. The van der Waals surface area contributed by atoms with E-state index < -0.39 is 0 Å². The number of nitrogen functional groups attached to an aromatic ring is 1. The summed E-state index contributed by atoms with van der Waals surface area (Å²) in [6.07, 6.45) is 2.46. The van der Waals surface area contributed by atoms with Crippen LogP contribution in [-0.4, -0.2) is 0 Å². The van der Waals surface area contributed by atoms with Crippen LogP contribution in [0.2, 0.25) is 0 Å². The van der Waals surface area contributed by atoms with Gasteiger partial charge in [0.2, 0.25) is 0 Å². The lowest BCUT2D eigenvalue weighted by Crippen LogP contribution is -2.03. The SMILES string of the molecule is CC(C)CC(C)Cc1ccc(N)cc1. The maximum atomic E-state index is 5.64. The molecule has 1 atom stereocenters. The van der Waals surface area contributed by atoms with E-state index in [0.29, 0.717) is 0 Å². The van der Waals surface area contributed by atoms with Crippen molar-refractivity contribution in [3.8, 4) is 0 Å². The number of anilines is 1. The quantitative estimate of drug-likeness (QED) is 0.724. The van der Waals surface area contributed by atoms with Crippen molar-refractivity contribution in [3.05, 3.63) is 29.8 Å². The van der Waals surface area contributed by atoms with E-state index in [1.807, 2.05) is 12.1 Å². The Hall–Kier alpha value is -0.980. The smallest absolute Gasteiger partial charge is 0.0314 e. The second-order valence-electron chi connectivity index (χ2n) is 4.68. The van der Waals surface area contributed by atoms with Crippen LogP contribution < -0.4 is 5.73 Å². The molecule has 0 aromatic heterocycles. The van der Waals surface area contributed by atoms with Gasteiger partial charge in [0.25, 0.3) is 0 Å². The second kappa shape index (κ2) is 5.04. The Morgan fingerprint density at radius 1 is 1.07 bits per heavy atom.